The summed E-state index contributed by atoms with van der Waals surface area (Å²) in [6.45, 7) is 2.03. The number of nitrogens with one attached hydrogen (secondary N) is 2. The molecular formula is C28H32N2O5. The second kappa shape index (κ2) is 9.02. The number of alkyl carbamates (subject to hydrolysis) is 1. The molecule has 0 spiro atoms. The van der Waals surface area contributed by atoms with E-state index in [1.54, 1.807) is 6.92 Å². The number of benzene rings is 2. The van der Waals surface area contributed by atoms with Crippen LogP contribution < -0.4 is 10.6 Å². The first kappa shape index (κ1) is 23.4. The van der Waals surface area contributed by atoms with Crippen molar-refractivity contribution in [3.63, 3.8) is 0 Å². The van der Waals surface area contributed by atoms with E-state index < -0.39 is 23.5 Å². The molecular weight excluding hydrogens is 444 g/mol. The van der Waals surface area contributed by atoms with Crippen LogP contribution in [0.2, 0.25) is 0 Å². The average Bonchev–Trinajstić information content (AvgIpc) is 3.20. The Morgan fingerprint density at radius 1 is 0.943 bits per heavy atom. The van der Waals surface area contributed by atoms with Crippen molar-refractivity contribution < 1.29 is 24.2 Å². The predicted octanol–water partition coefficient (Wildman–Crippen LogP) is 4.60. The van der Waals surface area contributed by atoms with Crippen LogP contribution in [0.15, 0.2) is 48.5 Å². The van der Waals surface area contributed by atoms with Crippen LogP contribution in [0.1, 0.15) is 68.9 Å². The zero-order valence-electron chi connectivity index (χ0n) is 20.0. The number of aliphatic carboxylic acids is 1. The minimum Gasteiger partial charge on any atom is -0.480 e. The van der Waals surface area contributed by atoms with Crippen LogP contribution in [0, 0.1) is 5.41 Å². The number of hydrogen-bond acceptors (Lipinski definition) is 4. The first-order chi connectivity index (χ1) is 16.9. The Morgan fingerprint density at radius 2 is 1.49 bits per heavy atom. The van der Waals surface area contributed by atoms with Crippen LogP contribution in [0.25, 0.3) is 11.1 Å². The Hall–Kier alpha value is -3.35. The second-order valence-corrected chi connectivity index (χ2v) is 10.3. The normalized spacial score (nSPS) is 25.3. The third-order valence-electron chi connectivity index (χ3n) is 8.45. The Morgan fingerprint density at radius 3 is 2.00 bits per heavy atom. The van der Waals surface area contributed by atoms with Gasteiger partial charge in [0, 0.05) is 16.9 Å². The maximum absolute atomic E-state index is 12.9. The highest BCUT2D eigenvalue weighted by Gasteiger charge is 2.53. The Kier molecular flexibility index (Phi) is 6.03. The summed E-state index contributed by atoms with van der Waals surface area (Å²) < 4.78 is 5.76. The molecule has 6 rings (SSSR count). The second-order valence-electron chi connectivity index (χ2n) is 10.3. The lowest BCUT2D eigenvalue weighted by molar-refractivity contribution is -0.146. The number of fused-ring (bicyclic) bond motifs is 6. The van der Waals surface area contributed by atoms with E-state index in [1.807, 2.05) is 24.3 Å². The molecule has 3 fully saturated rings. The summed E-state index contributed by atoms with van der Waals surface area (Å²) in [6, 6.07) is 15.6. The number of carboxylic acid groups (broad SMARTS) is 1. The maximum Gasteiger partial charge on any atom is 0.407 e. The van der Waals surface area contributed by atoms with E-state index in [0.29, 0.717) is 44.9 Å². The van der Waals surface area contributed by atoms with Crippen molar-refractivity contribution in [3.05, 3.63) is 59.7 Å². The van der Waals surface area contributed by atoms with Gasteiger partial charge in [-0.25, -0.2) is 9.59 Å². The van der Waals surface area contributed by atoms with E-state index in [-0.39, 0.29) is 24.0 Å². The third kappa shape index (κ3) is 4.17. The lowest BCUT2D eigenvalue weighted by Crippen LogP contribution is -2.60. The molecule has 4 aliphatic carbocycles. The van der Waals surface area contributed by atoms with Gasteiger partial charge in [-0.1, -0.05) is 55.5 Å². The SMILES string of the molecule is CC[C@@H](NC(=O)C12CCC(NC(=O)OCC3c4ccccc4-c4ccccc43)(CC1)CC2)C(=O)O. The molecule has 3 saturated carbocycles. The quantitative estimate of drug-likeness (QED) is 0.542. The highest BCUT2D eigenvalue weighted by atomic mass is 16.5. The largest absolute Gasteiger partial charge is 0.480 e. The van der Waals surface area contributed by atoms with E-state index in [1.165, 1.54) is 22.3 Å². The minimum absolute atomic E-state index is 0.0143. The molecule has 184 valence electrons. The van der Waals surface area contributed by atoms with Crippen molar-refractivity contribution in [2.24, 2.45) is 5.41 Å². The molecule has 0 unspecified atom stereocenters. The smallest absolute Gasteiger partial charge is 0.407 e. The summed E-state index contributed by atoms with van der Waals surface area (Å²) in [5.74, 6) is -1.16. The Labute approximate surface area is 205 Å². The fourth-order valence-electron chi connectivity index (χ4n) is 6.21. The van der Waals surface area contributed by atoms with E-state index in [9.17, 15) is 19.5 Å². The van der Waals surface area contributed by atoms with Gasteiger partial charge in [-0.2, -0.15) is 0 Å². The zero-order chi connectivity index (χ0) is 24.6. The molecule has 0 aromatic heterocycles. The fraction of sp³-hybridized carbons (Fsp3) is 0.464. The van der Waals surface area contributed by atoms with Gasteiger partial charge in [0.25, 0.3) is 0 Å². The predicted molar refractivity (Wildman–Crippen MR) is 131 cm³/mol. The number of ether oxygens (including phenoxy) is 1. The molecule has 4 aliphatic rings. The van der Waals surface area contributed by atoms with Gasteiger partial charge in [0.1, 0.15) is 12.6 Å². The summed E-state index contributed by atoms with van der Waals surface area (Å²) in [6.07, 6.45) is 3.92. The fourth-order valence-corrected chi connectivity index (χ4v) is 6.21. The summed E-state index contributed by atoms with van der Waals surface area (Å²) in [5.41, 5.74) is 3.85. The van der Waals surface area contributed by atoms with Crippen LogP contribution in [0.3, 0.4) is 0 Å². The molecule has 0 aliphatic heterocycles. The number of carboxylic acids is 1. The van der Waals surface area contributed by atoms with E-state index in [2.05, 4.69) is 34.9 Å². The maximum atomic E-state index is 12.9. The molecule has 2 aromatic rings. The lowest BCUT2D eigenvalue weighted by atomic mass is 9.57. The van der Waals surface area contributed by atoms with Gasteiger partial charge in [-0.05, 0) is 67.2 Å². The highest BCUT2D eigenvalue weighted by Crippen LogP contribution is 2.52. The molecule has 2 bridgehead atoms. The van der Waals surface area contributed by atoms with Gasteiger partial charge < -0.3 is 20.5 Å². The van der Waals surface area contributed by atoms with Crippen LogP contribution in [-0.4, -0.2) is 41.3 Å². The van der Waals surface area contributed by atoms with Crippen LogP contribution >= 0.6 is 0 Å². The molecule has 2 amide bonds. The first-order valence-electron chi connectivity index (χ1n) is 12.5. The highest BCUT2D eigenvalue weighted by molar-refractivity contribution is 5.88. The van der Waals surface area contributed by atoms with Crippen molar-refractivity contribution >= 4 is 18.0 Å². The molecule has 0 radical (unpaired) electrons. The van der Waals surface area contributed by atoms with E-state index in [4.69, 9.17) is 4.74 Å². The van der Waals surface area contributed by atoms with Gasteiger partial charge in [0.15, 0.2) is 0 Å². The number of amides is 2. The summed E-state index contributed by atoms with van der Waals surface area (Å²) in [4.78, 5) is 37.1. The molecule has 7 heteroatoms. The number of hydrogen-bond donors (Lipinski definition) is 3. The minimum atomic E-state index is -1.00. The van der Waals surface area contributed by atoms with Crippen molar-refractivity contribution in [3.8, 4) is 11.1 Å². The molecule has 0 saturated heterocycles. The summed E-state index contributed by atoms with van der Waals surface area (Å²) in [5, 5.41) is 15.1. The van der Waals surface area contributed by atoms with Gasteiger partial charge in [-0.3, -0.25) is 4.79 Å². The molecule has 0 heterocycles. The van der Waals surface area contributed by atoms with Crippen molar-refractivity contribution in [1.82, 2.24) is 10.6 Å². The van der Waals surface area contributed by atoms with Crippen LogP contribution in [0.4, 0.5) is 4.79 Å². The third-order valence-corrected chi connectivity index (χ3v) is 8.45. The lowest BCUT2D eigenvalue weighted by Gasteiger charge is -2.52. The molecule has 3 N–H and O–H groups in total. The standard InChI is InChI=1S/C28H32N2O5/c1-2-23(24(31)32)29-25(33)27-11-14-28(15-12-27,16-13-27)30-26(34)35-17-22-20-9-5-3-7-18(20)19-8-4-6-10-21(19)22/h3-10,22-23H,2,11-17H2,1H3,(H,29,33)(H,30,34)(H,31,32)/t23-,27?,28?/m1/s1. The Balaban J connectivity index is 1.19. The topological polar surface area (TPSA) is 105 Å². The molecule has 35 heavy (non-hydrogen) atoms. The molecule has 7 nitrogen and oxygen atoms in total. The summed E-state index contributed by atoms with van der Waals surface area (Å²) in [7, 11) is 0. The number of carbonyl (C=O) groups is 3. The van der Waals surface area contributed by atoms with Gasteiger partial charge in [-0.15, -0.1) is 0 Å². The molecule has 2 aromatic carbocycles. The summed E-state index contributed by atoms with van der Waals surface area (Å²) >= 11 is 0. The first-order valence-corrected chi connectivity index (χ1v) is 12.5. The number of rotatable bonds is 7. The van der Waals surface area contributed by atoms with Gasteiger partial charge >= 0.3 is 12.1 Å². The van der Waals surface area contributed by atoms with Crippen LogP contribution in [0.5, 0.6) is 0 Å². The van der Waals surface area contributed by atoms with E-state index >= 15 is 0 Å². The van der Waals surface area contributed by atoms with Crippen LogP contribution in [-0.2, 0) is 14.3 Å². The Bertz CT molecular complexity index is 1090. The van der Waals surface area contributed by atoms with Crippen molar-refractivity contribution in [2.45, 2.75) is 69.4 Å². The zero-order valence-corrected chi connectivity index (χ0v) is 20.0. The van der Waals surface area contributed by atoms with Crippen molar-refractivity contribution in [2.75, 3.05) is 6.61 Å². The monoisotopic (exact) mass is 476 g/mol. The van der Waals surface area contributed by atoms with Gasteiger partial charge in [0.2, 0.25) is 5.91 Å². The average molecular weight is 477 g/mol. The van der Waals surface area contributed by atoms with Gasteiger partial charge in [0.05, 0.1) is 0 Å². The van der Waals surface area contributed by atoms with E-state index in [0.717, 1.165) is 0 Å². The molecule has 1 atom stereocenters. The van der Waals surface area contributed by atoms with Crippen molar-refractivity contribution in [1.29, 1.82) is 0 Å². The number of carbonyl (C=O) groups excluding carboxylic acids is 2.